The predicted octanol–water partition coefficient (Wildman–Crippen LogP) is 4.83. The molecule has 0 unspecified atom stereocenters. The van der Waals surface area contributed by atoms with Gasteiger partial charge in [0, 0.05) is 45.7 Å². The van der Waals surface area contributed by atoms with Crippen molar-refractivity contribution >= 4 is 7.32 Å². The van der Waals surface area contributed by atoms with E-state index >= 15 is 0 Å². The maximum atomic E-state index is 10.7. The fraction of sp³-hybridized carbons (Fsp3) is 0.238. The van der Waals surface area contributed by atoms with Crippen molar-refractivity contribution in [3.63, 3.8) is 0 Å². The van der Waals surface area contributed by atoms with Crippen molar-refractivity contribution in [2.24, 2.45) is 0 Å². The normalized spacial score (nSPS) is 10.4. The summed E-state index contributed by atoms with van der Waals surface area (Å²) in [4.78, 5) is 10.7. The highest BCUT2D eigenvalue weighted by Crippen LogP contribution is 2.42. The minimum atomic E-state index is -2.23. The largest absolute Gasteiger partial charge is 0.871 e. The molecule has 2 aromatic heterocycles. The third-order valence-corrected chi connectivity index (χ3v) is 7.80. The van der Waals surface area contributed by atoms with Gasteiger partial charge >= 0.3 is 0 Å². The minimum absolute atomic E-state index is 0.159. The van der Waals surface area contributed by atoms with Gasteiger partial charge in [0.25, 0.3) is 0 Å². The Balaban J connectivity index is 0.000000234. The van der Waals surface area contributed by atoms with Crippen LogP contribution in [0.15, 0.2) is 165 Å². The van der Waals surface area contributed by atoms with Crippen LogP contribution in [0.3, 0.4) is 0 Å². The number of rotatable bonds is 16. The summed E-state index contributed by atoms with van der Waals surface area (Å²) in [6.07, 6.45) is 10.6. The van der Waals surface area contributed by atoms with Crippen LogP contribution in [0.2, 0.25) is 0 Å². The Hall–Kier alpha value is -5.02. The third-order valence-electron chi connectivity index (χ3n) is 7.80. The maximum absolute atomic E-state index is 10.7. The van der Waals surface area contributed by atoms with Gasteiger partial charge in [0.1, 0.15) is 0 Å². The van der Waals surface area contributed by atoms with Crippen LogP contribution in [0, 0.1) is 0 Å². The standard InChI is InChI=1S/C22H21BO3.2C10H14NO/c24-23(25)26-18-10-17-22(19-11-4-1-5-12-19,20-13-6-2-7-14-20)21-15-8-3-9-16-21;2*1-3-7-10-8-5-6-9-11(10)12-4-2/h1-9,11-16H,10,17-18H2;2*3,5-6,8-9H,1,4,7H2,2H3/q-2;2*+1. The number of allylic oxidation sites excluding steroid dienone is 2. The number of aromatic nitrogens is 2. The highest BCUT2D eigenvalue weighted by Gasteiger charge is 2.35. The zero-order valence-corrected chi connectivity index (χ0v) is 29.3. The Bertz CT molecular complexity index is 1500. The Morgan fingerprint density at radius 1 is 0.600 bits per heavy atom. The van der Waals surface area contributed by atoms with Crippen LogP contribution in [0.4, 0.5) is 0 Å². The van der Waals surface area contributed by atoms with Crippen LogP contribution < -0.4 is 29.2 Å². The van der Waals surface area contributed by atoms with Crippen LogP contribution in [0.25, 0.3) is 0 Å². The smallest absolute Gasteiger partial charge is 0.238 e. The van der Waals surface area contributed by atoms with E-state index in [0.717, 1.165) is 30.7 Å². The molecule has 0 radical (unpaired) electrons. The lowest BCUT2D eigenvalue weighted by Crippen LogP contribution is -2.48. The minimum Gasteiger partial charge on any atom is -0.871 e. The molecule has 0 spiro atoms. The SMILES string of the molecule is C=CCc1cccc[n+]1OCC.C=CCc1cccc[n+]1OCC.[O-]B([O-])OCCCC(c1ccccc1)(c1ccccc1)c1ccccc1. The quantitative estimate of drug-likeness (QED) is 0.0494. The van der Waals surface area contributed by atoms with E-state index in [1.807, 2.05) is 129 Å². The van der Waals surface area contributed by atoms with E-state index in [-0.39, 0.29) is 12.0 Å². The van der Waals surface area contributed by atoms with Crippen LogP contribution in [-0.2, 0) is 22.9 Å². The molecule has 7 nitrogen and oxygen atoms in total. The van der Waals surface area contributed by atoms with Gasteiger partial charge in [0.15, 0.2) is 13.2 Å². The van der Waals surface area contributed by atoms with Crippen molar-refractivity contribution in [3.8, 4) is 0 Å². The number of pyridine rings is 2. The summed E-state index contributed by atoms with van der Waals surface area (Å²) < 4.78 is 8.29. The van der Waals surface area contributed by atoms with E-state index in [9.17, 15) is 10.0 Å². The van der Waals surface area contributed by atoms with Crippen molar-refractivity contribution in [2.45, 2.75) is 44.9 Å². The van der Waals surface area contributed by atoms with Gasteiger partial charge in [0.2, 0.25) is 23.8 Å². The van der Waals surface area contributed by atoms with Gasteiger partial charge in [-0.2, -0.15) is 0 Å². The Morgan fingerprint density at radius 3 is 1.32 bits per heavy atom. The highest BCUT2D eigenvalue weighted by atomic mass is 16.7. The summed E-state index contributed by atoms with van der Waals surface area (Å²) >= 11 is 0. The number of benzene rings is 3. The van der Waals surface area contributed by atoms with Crippen molar-refractivity contribution < 1.29 is 33.8 Å². The molecule has 50 heavy (non-hydrogen) atoms. The average molecular weight is 673 g/mol. The summed E-state index contributed by atoms with van der Waals surface area (Å²) in [7, 11) is -2.23. The second-order valence-electron chi connectivity index (χ2n) is 11.1. The van der Waals surface area contributed by atoms with E-state index in [4.69, 9.17) is 14.3 Å². The van der Waals surface area contributed by atoms with Gasteiger partial charge in [-0.15, -0.1) is 13.2 Å². The lowest BCUT2D eigenvalue weighted by molar-refractivity contribution is -0.895. The van der Waals surface area contributed by atoms with E-state index in [1.165, 1.54) is 16.7 Å². The Morgan fingerprint density at radius 2 is 0.980 bits per heavy atom. The second-order valence-corrected chi connectivity index (χ2v) is 11.1. The molecule has 0 saturated heterocycles. The molecule has 8 heteroatoms. The molecule has 3 aromatic carbocycles. The Kier molecular flexibility index (Phi) is 17.8. The van der Waals surface area contributed by atoms with Gasteiger partial charge in [-0.25, -0.2) is 0 Å². The van der Waals surface area contributed by atoms with Crippen molar-refractivity contribution in [1.82, 2.24) is 0 Å². The molecule has 0 bridgehead atoms. The molecule has 0 aliphatic heterocycles. The van der Waals surface area contributed by atoms with Crippen LogP contribution >= 0.6 is 0 Å². The van der Waals surface area contributed by atoms with E-state index in [2.05, 4.69) is 49.6 Å². The van der Waals surface area contributed by atoms with Crippen molar-refractivity contribution in [2.75, 3.05) is 19.8 Å². The number of nitrogens with zero attached hydrogens (tertiary/aromatic N) is 2. The van der Waals surface area contributed by atoms with E-state index in [0.29, 0.717) is 19.6 Å². The van der Waals surface area contributed by atoms with Crippen LogP contribution in [-0.4, -0.2) is 27.1 Å². The Labute approximate surface area is 298 Å². The number of hydrogen-bond acceptors (Lipinski definition) is 5. The summed E-state index contributed by atoms with van der Waals surface area (Å²) in [5.41, 5.74) is 5.41. The molecule has 0 aliphatic carbocycles. The molecular formula is C42H49BN2O5. The maximum Gasteiger partial charge on any atom is 0.238 e. The first-order valence-corrected chi connectivity index (χ1v) is 17.1. The van der Waals surface area contributed by atoms with Gasteiger partial charge in [-0.3, -0.25) is 9.68 Å². The first-order chi connectivity index (χ1) is 24.5. The molecule has 260 valence electrons. The fourth-order valence-electron chi connectivity index (χ4n) is 5.69. The molecule has 5 rings (SSSR count). The van der Waals surface area contributed by atoms with Crippen LogP contribution in [0.1, 0.15) is 54.8 Å². The topological polar surface area (TPSA) is 81.6 Å². The molecule has 0 amide bonds. The molecule has 0 saturated carbocycles. The van der Waals surface area contributed by atoms with Gasteiger partial charge in [-0.05, 0) is 55.5 Å². The average Bonchev–Trinajstić information content (AvgIpc) is 3.15. The van der Waals surface area contributed by atoms with Gasteiger partial charge in [0.05, 0.1) is 20.2 Å². The zero-order chi connectivity index (χ0) is 35.9. The van der Waals surface area contributed by atoms with Gasteiger partial charge in [-0.1, -0.05) is 103 Å². The van der Waals surface area contributed by atoms with Gasteiger partial charge < -0.3 is 14.7 Å². The lowest BCUT2D eigenvalue weighted by Gasteiger charge is -2.37. The lowest BCUT2D eigenvalue weighted by atomic mass is 9.67. The second kappa shape index (κ2) is 22.6. The summed E-state index contributed by atoms with van der Waals surface area (Å²) in [6.45, 7) is 12.8. The molecule has 0 fully saturated rings. The predicted molar refractivity (Wildman–Crippen MR) is 195 cm³/mol. The highest BCUT2D eigenvalue weighted by molar-refractivity contribution is 6.28. The van der Waals surface area contributed by atoms with E-state index < -0.39 is 7.32 Å². The summed E-state index contributed by atoms with van der Waals surface area (Å²) in [5, 5.41) is 21.4. The van der Waals surface area contributed by atoms with Crippen LogP contribution in [0.5, 0.6) is 0 Å². The molecule has 2 heterocycles. The molecular weight excluding hydrogens is 623 g/mol. The monoisotopic (exact) mass is 672 g/mol. The zero-order valence-electron chi connectivity index (χ0n) is 29.3. The molecule has 5 aromatic rings. The first-order valence-electron chi connectivity index (χ1n) is 17.1. The summed E-state index contributed by atoms with van der Waals surface area (Å²) in [6, 6.07) is 43.0. The third kappa shape index (κ3) is 12.1. The molecule has 0 aliphatic rings. The van der Waals surface area contributed by atoms with E-state index in [1.54, 1.807) is 9.46 Å². The fourth-order valence-corrected chi connectivity index (χ4v) is 5.69. The number of hydrogen-bond donors (Lipinski definition) is 0. The molecule has 0 N–H and O–H groups in total. The summed E-state index contributed by atoms with van der Waals surface area (Å²) in [5.74, 6) is 0. The van der Waals surface area contributed by atoms with Crippen molar-refractivity contribution in [3.05, 3.63) is 193 Å². The van der Waals surface area contributed by atoms with Crippen molar-refractivity contribution in [1.29, 1.82) is 0 Å². The first kappa shape index (κ1) is 39.4. The molecule has 0 atom stereocenters.